The van der Waals surface area contributed by atoms with Gasteiger partial charge in [-0.3, -0.25) is 9.59 Å². The SMILES string of the molecule is Nc1ccc(/C=C/C(=O)Nc2cc[n+](CC(=O)C34CC5CC(CC(C5)C3)C4)cc2)cc1. The molecule has 0 aliphatic heterocycles. The molecule has 0 saturated heterocycles. The normalized spacial score (nSPS) is 28.7. The minimum atomic E-state index is -0.195. The van der Waals surface area contributed by atoms with E-state index in [1.807, 2.05) is 41.2 Å². The molecule has 160 valence electrons. The number of amides is 1. The molecule has 0 radical (unpaired) electrons. The van der Waals surface area contributed by atoms with Crippen LogP contribution in [0.4, 0.5) is 11.4 Å². The lowest BCUT2D eigenvalue weighted by Gasteiger charge is -2.55. The van der Waals surface area contributed by atoms with Crippen LogP contribution in [0.1, 0.15) is 44.1 Å². The van der Waals surface area contributed by atoms with Crippen molar-refractivity contribution < 1.29 is 14.2 Å². The highest BCUT2D eigenvalue weighted by Crippen LogP contribution is 2.60. The smallest absolute Gasteiger partial charge is 0.248 e. The number of benzene rings is 1. The van der Waals surface area contributed by atoms with Crippen LogP contribution < -0.4 is 15.6 Å². The maximum absolute atomic E-state index is 13.3. The summed E-state index contributed by atoms with van der Waals surface area (Å²) in [5.41, 5.74) is 7.93. The molecule has 1 amide bonds. The summed E-state index contributed by atoms with van der Waals surface area (Å²) >= 11 is 0. The van der Waals surface area contributed by atoms with Crippen molar-refractivity contribution in [1.29, 1.82) is 0 Å². The fraction of sp³-hybridized carbons (Fsp3) is 0.423. The molecule has 1 aromatic carbocycles. The number of Topliss-reactive ketones (excluding diaryl/α,β-unsaturated/α-hetero) is 1. The van der Waals surface area contributed by atoms with Gasteiger partial charge < -0.3 is 11.1 Å². The molecule has 31 heavy (non-hydrogen) atoms. The first-order valence-electron chi connectivity index (χ1n) is 11.3. The minimum absolute atomic E-state index is 0.0679. The zero-order valence-corrected chi connectivity index (χ0v) is 17.8. The zero-order chi connectivity index (χ0) is 21.4. The van der Waals surface area contributed by atoms with Crippen molar-refractivity contribution in [3.8, 4) is 0 Å². The van der Waals surface area contributed by atoms with Crippen LogP contribution in [-0.4, -0.2) is 11.7 Å². The molecule has 5 nitrogen and oxygen atoms in total. The number of hydrogen-bond donors (Lipinski definition) is 2. The Morgan fingerprint density at radius 3 is 2.13 bits per heavy atom. The molecule has 4 aliphatic carbocycles. The summed E-state index contributed by atoms with van der Waals surface area (Å²) in [7, 11) is 0. The second-order valence-electron chi connectivity index (χ2n) is 9.87. The van der Waals surface area contributed by atoms with Gasteiger partial charge in [0.2, 0.25) is 18.2 Å². The van der Waals surface area contributed by atoms with E-state index in [2.05, 4.69) is 5.32 Å². The van der Waals surface area contributed by atoms with E-state index in [1.54, 1.807) is 18.2 Å². The van der Waals surface area contributed by atoms with E-state index in [0.29, 0.717) is 23.7 Å². The standard InChI is InChI=1S/C26H29N3O2/c27-22-4-1-18(2-5-22)3-6-25(31)28-23-7-9-29(10-8-23)17-24(30)26-14-19-11-20(15-26)13-21(12-19)16-26/h1-10,19-21H,11-17H2,(H2,27,31)/p+1. The minimum Gasteiger partial charge on any atom is -0.399 e. The van der Waals surface area contributed by atoms with Crippen LogP contribution in [0.15, 0.2) is 54.9 Å². The van der Waals surface area contributed by atoms with Crippen LogP contribution in [0, 0.1) is 23.2 Å². The molecular weight excluding hydrogens is 386 g/mol. The second-order valence-corrected chi connectivity index (χ2v) is 9.87. The summed E-state index contributed by atoms with van der Waals surface area (Å²) in [4.78, 5) is 25.5. The van der Waals surface area contributed by atoms with Crippen molar-refractivity contribution in [1.82, 2.24) is 0 Å². The number of pyridine rings is 1. The maximum atomic E-state index is 13.3. The fourth-order valence-corrected chi connectivity index (χ4v) is 6.39. The molecule has 4 aliphatic rings. The highest BCUT2D eigenvalue weighted by molar-refractivity contribution is 6.01. The average molecular weight is 417 g/mol. The van der Waals surface area contributed by atoms with Crippen molar-refractivity contribution in [2.45, 2.75) is 45.1 Å². The van der Waals surface area contributed by atoms with E-state index in [9.17, 15) is 9.59 Å². The highest BCUT2D eigenvalue weighted by Gasteiger charge is 2.54. The van der Waals surface area contributed by atoms with Crippen LogP contribution in [0.5, 0.6) is 0 Å². The first kappa shape index (κ1) is 20.0. The molecule has 3 N–H and O–H groups in total. The maximum Gasteiger partial charge on any atom is 0.248 e. The topological polar surface area (TPSA) is 76.1 Å². The van der Waals surface area contributed by atoms with Crippen molar-refractivity contribution in [3.63, 3.8) is 0 Å². The van der Waals surface area contributed by atoms with Gasteiger partial charge in [-0.05, 0) is 80.1 Å². The molecule has 4 saturated carbocycles. The van der Waals surface area contributed by atoms with Gasteiger partial charge in [0.1, 0.15) is 0 Å². The third-order valence-electron chi connectivity index (χ3n) is 7.48. The van der Waals surface area contributed by atoms with E-state index < -0.39 is 0 Å². The first-order valence-corrected chi connectivity index (χ1v) is 11.3. The molecule has 1 heterocycles. The van der Waals surface area contributed by atoms with E-state index >= 15 is 0 Å². The van der Waals surface area contributed by atoms with E-state index in [-0.39, 0.29) is 11.3 Å². The van der Waals surface area contributed by atoms with Gasteiger partial charge in [-0.15, -0.1) is 0 Å². The molecule has 0 atom stereocenters. The zero-order valence-electron chi connectivity index (χ0n) is 17.8. The molecule has 6 rings (SSSR count). The molecule has 0 spiro atoms. The van der Waals surface area contributed by atoms with Crippen molar-refractivity contribution >= 4 is 29.1 Å². The van der Waals surface area contributed by atoms with E-state index in [1.165, 1.54) is 25.3 Å². The molecule has 2 aromatic rings. The quantitative estimate of drug-likeness (QED) is 0.425. The second kappa shape index (κ2) is 7.95. The number of aromatic nitrogens is 1. The van der Waals surface area contributed by atoms with Gasteiger partial charge in [-0.1, -0.05) is 12.1 Å². The largest absolute Gasteiger partial charge is 0.399 e. The predicted octanol–water partition coefficient (Wildman–Crippen LogP) is 3.99. The molecular formula is C26H30N3O2+. The molecule has 4 fully saturated rings. The van der Waals surface area contributed by atoms with Gasteiger partial charge in [-0.2, -0.15) is 4.57 Å². The number of rotatable bonds is 6. The number of anilines is 2. The van der Waals surface area contributed by atoms with E-state index in [4.69, 9.17) is 5.73 Å². The number of hydrogen-bond acceptors (Lipinski definition) is 3. The third kappa shape index (κ3) is 4.27. The Balaban J connectivity index is 1.18. The predicted molar refractivity (Wildman–Crippen MR) is 121 cm³/mol. The number of nitrogen functional groups attached to an aromatic ring is 1. The molecule has 5 heteroatoms. The van der Waals surface area contributed by atoms with Crippen molar-refractivity contribution in [3.05, 3.63) is 60.4 Å². The number of ketones is 1. The Kier molecular flexibility index (Phi) is 5.12. The molecule has 1 aromatic heterocycles. The van der Waals surface area contributed by atoms with Crippen LogP contribution in [0.3, 0.4) is 0 Å². The highest BCUT2D eigenvalue weighted by atomic mass is 16.1. The van der Waals surface area contributed by atoms with Gasteiger partial charge in [0.15, 0.2) is 12.4 Å². The third-order valence-corrected chi connectivity index (χ3v) is 7.48. The number of nitrogens with zero attached hydrogens (tertiary/aromatic N) is 1. The first-order chi connectivity index (χ1) is 15.0. The van der Waals surface area contributed by atoms with Gasteiger partial charge in [0.05, 0.1) is 5.69 Å². The summed E-state index contributed by atoms with van der Waals surface area (Å²) in [6.07, 6.45) is 14.4. The lowest BCUT2D eigenvalue weighted by Crippen LogP contribution is -2.53. The van der Waals surface area contributed by atoms with Gasteiger partial charge in [-0.25, -0.2) is 0 Å². The molecule has 4 bridgehead atoms. The van der Waals surface area contributed by atoms with Gasteiger partial charge in [0.25, 0.3) is 0 Å². The number of carbonyl (C=O) groups excluding carboxylic acids is 2. The summed E-state index contributed by atoms with van der Waals surface area (Å²) in [5.74, 6) is 2.54. The van der Waals surface area contributed by atoms with Crippen LogP contribution in [0.25, 0.3) is 6.08 Å². The molecule has 0 unspecified atom stereocenters. The average Bonchev–Trinajstić information content (AvgIpc) is 2.74. The van der Waals surface area contributed by atoms with Crippen LogP contribution in [0.2, 0.25) is 0 Å². The lowest BCUT2D eigenvalue weighted by atomic mass is 9.48. The van der Waals surface area contributed by atoms with Gasteiger partial charge >= 0.3 is 0 Å². The Bertz CT molecular complexity index is 973. The lowest BCUT2D eigenvalue weighted by molar-refractivity contribution is -0.684. The summed E-state index contributed by atoms with van der Waals surface area (Å²) < 4.78 is 1.95. The van der Waals surface area contributed by atoms with Crippen LogP contribution >= 0.6 is 0 Å². The Hall–Kier alpha value is -2.95. The Labute approximate surface area is 183 Å². The summed E-state index contributed by atoms with van der Waals surface area (Å²) in [6, 6.07) is 11.0. The fourth-order valence-electron chi connectivity index (χ4n) is 6.39. The van der Waals surface area contributed by atoms with Gasteiger partial charge in [0, 0.05) is 29.3 Å². The van der Waals surface area contributed by atoms with Crippen molar-refractivity contribution in [2.24, 2.45) is 23.2 Å². The van der Waals surface area contributed by atoms with Crippen molar-refractivity contribution in [2.75, 3.05) is 11.1 Å². The number of nitrogens with one attached hydrogen (secondary N) is 1. The Morgan fingerprint density at radius 1 is 0.968 bits per heavy atom. The summed E-state index contributed by atoms with van der Waals surface area (Å²) in [5, 5.41) is 2.86. The number of nitrogens with two attached hydrogens (primary N) is 1. The van der Waals surface area contributed by atoms with E-state index in [0.717, 1.165) is 42.6 Å². The summed E-state index contributed by atoms with van der Waals surface area (Å²) in [6.45, 7) is 0.428. The monoisotopic (exact) mass is 416 g/mol. The van der Waals surface area contributed by atoms with Crippen LogP contribution in [-0.2, 0) is 16.1 Å². The Morgan fingerprint density at radius 2 is 1.55 bits per heavy atom. The number of carbonyl (C=O) groups is 2.